The first kappa shape index (κ1) is 15.7. The van der Waals surface area contributed by atoms with Crippen LogP contribution in [0, 0.1) is 0 Å². The summed E-state index contributed by atoms with van der Waals surface area (Å²) in [5.41, 5.74) is 10.0. The second-order valence-electron chi connectivity index (χ2n) is 7.18. The molecule has 2 aliphatic heterocycles. The minimum atomic E-state index is 0.394. The molecule has 2 aliphatic rings. The van der Waals surface area contributed by atoms with E-state index in [2.05, 4.69) is 64.4 Å². The molecule has 0 amide bonds. The molecule has 2 aromatic carbocycles. The van der Waals surface area contributed by atoms with Gasteiger partial charge < -0.3 is 10.6 Å². The van der Waals surface area contributed by atoms with Crippen molar-refractivity contribution in [1.82, 2.24) is 4.90 Å². The van der Waals surface area contributed by atoms with Crippen LogP contribution in [0.25, 0.3) is 11.1 Å². The first-order valence-electron chi connectivity index (χ1n) is 9.20. The van der Waals surface area contributed by atoms with Gasteiger partial charge in [0.05, 0.1) is 0 Å². The number of hydrogen-bond donors (Lipinski definition) is 1. The Bertz CT molecular complexity index is 662. The Morgan fingerprint density at radius 2 is 1.54 bits per heavy atom. The van der Waals surface area contributed by atoms with Gasteiger partial charge in [0.2, 0.25) is 0 Å². The highest BCUT2D eigenvalue weighted by Crippen LogP contribution is 2.28. The van der Waals surface area contributed by atoms with Crippen LogP contribution in [0.15, 0.2) is 54.6 Å². The third-order valence-electron chi connectivity index (χ3n) is 5.56. The molecule has 2 aromatic rings. The number of piperidine rings is 1. The first-order valence-corrected chi connectivity index (χ1v) is 9.20. The van der Waals surface area contributed by atoms with Crippen LogP contribution in [0.2, 0.25) is 0 Å². The van der Waals surface area contributed by atoms with Crippen molar-refractivity contribution in [3.63, 3.8) is 0 Å². The van der Waals surface area contributed by atoms with Gasteiger partial charge in [-0.2, -0.15) is 0 Å². The van der Waals surface area contributed by atoms with Crippen molar-refractivity contribution in [3.05, 3.63) is 54.6 Å². The molecular weight excluding hydrogens is 294 g/mol. The zero-order valence-electron chi connectivity index (χ0n) is 14.3. The molecule has 2 N–H and O–H groups in total. The number of anilines is 1. The summed E-state index contributed by atoms with van der Waals surface area (Å²) in [6.07, 6.45) is 3.67. The third kappa shape index (κ3) is 3.33. The minimum Gasteiger partial charge on any atom is -0.371 e. The molecule has 2 heterocycles. The summed E-state index contributed by atoms with van der Waals surface area (Å²) in [4.78, 5) is 5.15. The quantitative estimate of drug-likeness (QED) is 0.941. The Hall–Kier alpha value is -1.84. The van der Waals surface area contributed by atoms with Gasteiger partial charge in [-0.3, -0.25) is 4.90 Å². The predicted octanol–water partition coefficient (Wildman–Crippen LogP) is 3.36. The van der Waals surface area contributed by atoms with E-state index in [1.54, 1.807) is 0 Å². The van der Waals surface area contributed by atoms with E-state index in [-0.39, 0.29) is 0 Å². The molecule has 0 aromatic heterocycles. The van der Waals surface area contributed by atoms with Gasteiger partial charge in [0.15, 0.2) is 0 Å². The Morgan fingerprint density at radius 1 is 0.792 bits per heavy atom. The molecule has 0 saturated carbocycles. The van der Waals surface area contributed by atoms with Crippen molar-refractivity contribution in [2.75, 3.05) is 31.1 Å². The Balaban J connectivity index is 1.42. The monoisotopic (exact) mass is 321 g/mol. The van der Waals surface area contributed by atoms with Crippen LogP contribution in [-0.2, 0) is 0 Å². The maximum atomic E-state index is 6.07. The highest BCUT2D eigenvalue weighted by Gasteiger charge is 2.29. The average Bonchev–Trinajstić information content (AvgIpc) is 3.09. The molecule has 0 aliphatic carbocycles. The lowest BCUT2D eigenvalue weighted by Crippen LogP contribution is -2.44. The fourth-order valence-electron chi connectivity index (χ4n) is 4.15. The zero-order chi connectivity index (χ0) is 16.4. The second kappa shape index (κ2) is 6.96. The summed E-state index contributed by atoms with van der Waals surface area (Å²) in [6, 6.07) is 20.7. The van der Waals surface area contributed by atoms with E-state index >= 15 is 0 Å². The fraction of sp³-hybridized carbons (Fsp3) is 0.429. The highest BCUT2D eigenvalue weighted by molar-refractivity contribution is 5.68. The number of hydrogen-bond acceptors (Lipinski definition) is 3. The van der Waals surface area contributed by atoms with Crippen LogP contribution >= 0.6 is 0 Å². The fourth-order valence-corrected chi connectivity index (χ4v) is 4.15. The molecule has 0 radical (unpaired) electrons. The molecule has 0 spiro atoms. The van der Waals surface area contributed by atoms with Crippen molar-refractivity contribution >= 4 is 5.69 Å². The third-order valence-corrected chi connectivity index (χ3v) is 5.56. The molecule has 4 rings (SSSR count). The van der Waals surface area contributed by atoms with Crippen molar-refractivity contribution in [1.29, 1.82) is 0 Å². The van der Waals surface area contributed by atoms with Crippen LogP contribution in [0.5, 0.6) is 0 Å². The predicted molar refractivity (Wildman–Crippen MR) is 101 cm³/mol. The van der Waals surface area contributed by atoms with Crippen LogP contribution < -0.4 is 10.6 Å². The minimum absolute atomic E-state index is 0.394. The number of benzene rings is 2. The molecule has 2 saturated heterocycles. The van der Waals surface area contributed by atoms with Crippen molar-refractivity contribution in [2.45, 2.75) is 31.3 Å². The lowest BCUT2D eigenvalue weighted by Gasteiger charge is -2.38. The Morgan fingerprint density at radius 3 is 2.25 bits per heavy atom. The molecule has 24 heavy (non-hydrogen) atoms. The molecule has 1 atom stereocenters. The van der Waals surface area contributed by atoms with Gasteiger partial charge in [0, 0.05) is 44.0 Å². The van der Waals surface area contributed by atoms with Crippen LogP contribution in [0.4, 0.5) is 5.69 Å². The SMILES string of the molecule is N[C@@H]1CCN(C2CCN(c3cccc(-c4ccccc4)c3)CC2)C1. The number of nitrogens with two attached hydrogens (primary N) is 1. The summed E-state index contributed by atoms with van der Waals surface area (Å²) in [6.45, 7) is 4.58. The molecule has 0 unspecified atom stereocenters. The van der Waals surface area contributed by atoms with E-state index in [4.69, 9.17) is 5.73 Å². The normalized spacial score (nSPS) is 22.9. The van der Waals surface area contributed by atoms with Gasteiger partial charge in [-0.05, 0) is 42.5 Å². The van der Waals surface area contributed by atoms with E-state index < -0.39 is 0 Å². The number of nitrogens with zero attached hydrogens (tertiary/aromatic N) is 2. The first-order chi connectivity index (χ1) is 11.8. The molecule has 3 heteroatoms. The molecule has 126 valence electrons. The molecule has 0 bridgehead atoms. The lowest BCUT2D eigenvalue weighted by atomic mass is 10.0. The molecular formula is C21H27N3. The van der Waals surface area contributed by atoms with Gasteiger partial charge in [-0.25, -0.2) is 0 Å². The van der Waals surface area contributed by atoms with Gasteiger partial charge in [0.25, 0.3) is 0 Å². The van der Waals surface area contributed by atoms with Crippen molar-refractivity contribution in [2.24, 2.45) is 5.73 Å². The van der Waals surface area contributed by atoms with Crippen molar-refractivity contribution < 1.29 is 0 Å². The summed E-state index contributed by atoms with van der Waals surface area (Å²) in [5.74, 6) is 0. The lowest BCUT2D eigenvalue weighted by molar-refractivity contribution is 0.205. The summed E-state index contributed by atoms with van der Waals surface area (Å²) < 4.78 is 0. The largest absolute Gasteiger partial charge is 0.371 e. The van der Waals surface area contributed by atoms with E-state index in [0.717, 1.165) is 25.7 Å². The second-order valence-corrected chi connectivity index (χ2v) is 7.18. The van der Waals surface area contributed by atoms with Crippen LogP contribution in [-0.4, -0.2) is 43.2 Å². The van der Waals surface area contributed by atoms with Crippen LogP contribution in [0.3, 0.4) is 0 Å². The summed E-state index contributed by atoms with van der Waals surface area (Å²) in [7, 11) is 0. The van der Waals surface area contributed by atoms with Gasteiger partial charge in [-0.15, -0.1) is 0 Å². The van der Waals surface area contributed by atoms with Crippen LogP contribution in [0.1, 0.15) is 19.3 Å². The summed E-state index contributed by atoms with van der Waals surface area (Å²) in [5, 5.41) is 0. The maximum absolute atomic E-state index is 6.07. The topological polar surface area (TPSA) is 32.5 Å². The van der Waals surface area contributed by atoms with E-state index in [9.17, 15) is 0 Å². The highest BCUT2D eigenvalue weighted by atomic mass is 15.2. The van der Waals surface area contributed by atoms with Gasteiger partial charge in [-0.1, -0.05) is 42.5 Å². The van der Waals surface area contributed by atoms with E-state index in [1.165, 1.54) is 42.6 Å². The molecule has 2 fully saturated rings. The zero-order valence-corrected chi connectivity index (χ0v) is 14.3. The number of likely N-dealkylation sites (tertiary alicyclic amines) is 1. The standard InChI is InChI=1S/C21H27N3/c22-19-9-12-24(16-19)20-10-13-23(14-11-20)21-8-4-7-18(15-21)17-5-2-1-3-6-17/h1-8,15,19-20H,9-14,16,22H2/t19-/m1/s1. The summed E-state index contributed by atoms with van der Waals surface area (Å²) >= 11 is 0. The average molecular weight is 321 g/mol. The van der Waals surface area contributed by atoms with Gasteiger partial charge in [0.1, 0.15) is 0 Å². The Kier molecular flexibility index (Phi) is 4.54. The van der Waals surface area contributed by atoms with E-state index in [0.29, 0.717) is 6.04 Å². The number of rotatable bonds is 3. The van der Waals surface area contributed by atoms with Crippen molar-refractivity contribution in [3.8, 4) is 11.1 Å². The molecule has 3 nitrogen and oxygen atoms in total. The Labute approximate surface area is 145 Å². The maximum Gasteiger partial charge on any atom is 0.0372 e. The van der Waals surface area contributed by atoms with Gasteiger partial charge >= 0.3 is 0 Å². The van der Waals surface area contributed by atoms with E-state index in [1.807, 2.05) is 0 Å². The smallest absolute Gasteiger partial charge is 0.0372 e.